The molecule has 1 aliphatic heterocycles. The summed E-state index contributed by atoms with van der Waals surface area (Å²) in [4.78, 5) is 11.1. The lowest BCUT2D eigenvalue weighted by Gasteiger charge is -2.28. The first kappa shape index (κ1) is 16.1. The van der Waals surface area contributed by atoms with Crippen molar-refractivity contribution >= 4 is 17.5 Å². The van der Waals surface area contributed by atoms with E-state index < -0.39 is 12.2 Å². The Morgan fingerprint density at radius 2 is 2.14 bits per heavy atom. The van der Waals surface area contributed by atoms with Crippen molar-refractivity contribution in [1.29, 1.82) is 0 Å². The molecule has 0 saturated carbocycles. The van der Waals surface area contributed by atoms with Gasteiger partial charge in [0.25, 0.3) is 0 Å². The number of halogens is 4. The van der Waals surface area contributed by atoms with Crippen LogP contribution in [0.2, 0.25) is 5.02 Å². The molecule has 0 radical (unpaired) electrons. The molecule has 7 heteroatoms. The molecule has 1 saturated heterocycles. The third-order valence-electron chi connectivity index (χ3n) is 3.43. The topological polar surface area (TPSA) is 32.3 Å². The van der Waals surface area contributed by atoms with Crippen LogP contribution in [0.15, 0.2) is 24.3 Å². The number of hydrogen-bond acceptors (Lipinski definition) is 2. The summed E-state index contributed by atoms with van der Waals surface area (Å²) in [6.45, 7) is 0.0974. The Bertz CT molecular complexity index is 507. The van der Waals surface area contributed by atoms with E-state index in [0.717, 1.165) is 10.6 Å². The fourth-order valence-electron chi connectivity index (χ4n) is 2.42. The highest BCUT2D eigenvalue weighted by atomic mass is 35.5. The fraction of sp³-hybridized carbons (Fsp3) is 0.500. The Kier molecular flexibility index (Phi) is 5.11. The number of hydrogen-bond donors (Lipinski definition) is 1. The van der Waals surface area contributed by atoms with Gasteiger partial charge in [-0.15, -0.1) is 0 Å². The summed E-state index contributed by atoms with van der Waals surface area (Å²) < 4.78 is 39.2. The van der Waals surface area contributed by atoms with Crippen LogP contribution in [0, 0.1) is 0 Å². The third-order valence-corrected chi connectivity index (χ3v) is 3.67. The fourth-order valence-corrected chi connectivity index (χ4v) is 2.63. The summed E-state index contributed by atoms with van der Waals surface area (Å²) in [6, 6.07) is 5.46. The first-order valence-electron chi connectivity index (χ1n) is 6.73. The van der Waals surface area contributed by atoms with Gasteiger partial charge >= 0.3 is 6.18 Å². The molecule has 1 aromatic carbocycles. The molecule has 0 bridgehead atoms. The molecule has 1 amide bonds. The van der Waals surface area contributed by atoms with Crippen molar-refractivity contribution in [3.8, 4) is 0 Å². The van der Waals surface area contributed by atoms with Gasteiger partial charge in [-0.25, -0.2) is 5.01 Å². The number of rotatable bonds is 5. The maximum Gasteiger partial charge on any atom is 0.405 e. The van der Waals surface area contributed by atoms with Crippen molar-refractivity contribution in [2.24, 2.45) is 0 Å². The van der Waals surface area contributed by atoms with Gasteiger partial charge in [0.15, 0.2) is 0 Å². The lowest BCUT2D eigenvalue weighted by molar-refractivity contribution is -0.190. The van der Waals surface area contributed by atoms with Gasteiger partial charge in [0.05, 0.1) is 0 Å². The number of aryl methyl sites for hydroxylation is 1. The molecule has 1 heterocycles. The maximum atomic E-state index is 13.1. The van der Waals surface area contributed by atoms with E-state index in [9.17, 15) is 18.0 Å². The van der Waals surface area contributed by atoms with Crippen LogP contribution < -0.4 is 5.43 Å². The van der Waals surface area contributed by atoms with E-state index in [4.69, 9.17) is 11.6 Å². The lowest BCUT2D eigenvalue weighted by Crippen LogP contribution is -2.49. The van der Waals surface area contributed by atoms with Crippen LogP contribution in [0.4, 0.5) is 13.2 Å². The first-order valence-corrected chi connectivity index (χ1v) is 7.11. The molecule has 0 spiro atoms. The van der Waals surface area contributed by atoms with Gasteiger partial charge in [0.1, 0.15) is 6.04 Å². The number of hydrazine groups is 1. The Hall–Kier alpha value is -1.27. The molecule has 1 aromatic rings. The average Bonchev–Trinajstić information content (AvgIpc) is 2.79. The van der Waals surface area contributed by atoms with Crippen LogP contribution in [0.5, 0.6) is 0 Å². The van der Waals surface area contributed by atoms with Crippen molar-refractivity contribution in [2.75, 3.05) is 6.54 Å². The molecule has 3 nitrogen and oxygen atoms in total. The number of alkyl halides is 3. The van der Waals surface area contributed by atoms with Crippen LogP contribution in [0.25, 0.3) is 0 Å². The Morgan fingerprint density at radius 3 is 2.71 bits per heavy atom. The normalized spacial score (nSPS) is 17.8. The van der Waals surface area contributed by atoms with Gasteiger partial charge in [-0.05, 0) is 37.0 Å². The van der Waals surface area contributed by atoms with E-state index in [-0.39, 0.29) is 25.3 Å². The minimum atomic E-state index is -4.36. The van der Waals surface area contributed by atoms with Crippen molar-refractivity contribution in [3.63, 3.8) is 0 Å². The largest absolute Gasteiger partial charge is 0.405 e. The van der Waals surface area contributed by atoms with E-state index in [0.29, 0.717) is 17.9 Å². The molecular weight excluding hydrogens is 305 g/mol. The van der Waals surface area contributed by atoms with Crippen LogP contribution in [0.3, 0.4) is 0 Å². The Labute approximate surface area is 126 Å². The maximum absolute atomic E-state index is 13.1. The molecule has 0 aliphatic carbocycles. The molecule has 2 rings (SSSR count). The molecule has 116 valence electrons. The van der Waals surface area contributed by atoms with Gasteiger partial charge < -0.3 is 0 Å². The molecule has 1 aliphatic rings. The number of carbonyl (C=O) groups is 1. The highest BCUT2D eigenvalue weighted by Crippen LogP contribution is 2.29. The zero-order chi connectivity index (χ0) is 15.5. The van der Waals surface area contributed by atoms with Gasteiger partial charge in [0.2, 0.25) is 5.91 Å². The number of nitrogens with zero attached hydrogens (tertiary/aromatic N) is 1. The van der Waals surface area contributed by atoms with Crippen molar-refractivity contribution in [1.82, 2.24) is 10.4 Å². The SMILES string of the molecule is O=C1CCN(C(CCCc2cccc(Cl)c2)C(F)(F)F)N1. The summed E-state index contributed by atoms with van der Waals surface area (Å²) in [5.41, 5.74) is 3.18. The molecule has 0 aromatic heterocycles. The van der Waals surface area contributed by atoms with E-state index in [1.165, 1.54) is 0 Å². The smallest absolute Gasteiger partial charge is 0.288 e. The van der Waals surface area contributed by atoms with E-state index in [1.54, 1.807) is 18.2 Å². The van der Waals surface area contributed by atoms with Crippen molar-refractivity contribution in [2.45, 2.75) is 37.9 Å². The number of benzene rings is 1. The average molecular weight is 321 g/mol. The Balaban J connectivity index is 1.92. The lowest BCUT2D eigenvalue weighted by atomic mass is 10.0. The quantitative estimate of drug-likeness (QED) is 0.902. The summed E-state index contributed by atoms with van der Waals surface area (Å²) in [7, 11) is 0. The summed E-state index contributed by atoms with van der Waals surface area (Å²) in [5.74, 6) is -0.362. The molecule has 1 fully saturated rings. The second kappa shape index (κ2) is 6.66. The van der Waals surface area contributed by atoms with Crippen LogP contribution in [0.1, 0.15) is 24.8 Å². The molecule has 1 N–H and O–H groups in total. The zero-order valence-electron chi connectivity index (χ0n) is 11.3. The second-order valence-electron chi connectivity index (χ2n) is 5.06. The predicted molar refractivity (Wildman–Crippen MR) is 73.7 cm³/mol. The molecule has 1 unspecified atom stereocenters. The molecule has 21 heavy (non-hydrogen) atoms. The van der Waals surface area contributed by atoms with Crippen LogP contribution >= 0.6 is 11.6 Å². The summed E-state index contributed by atoms with van der Waals surface area (Å²) in [5, 5.41) is 1.58. The molecule has 1 atom stereocenters. The van der Waals surface area contributed by atoms with E-state index in [1.807, 2.05) is 6.07 Å². The highest BCUT2D eigenvalue weighted by molar-refractivity contribution is 6.30. The van der Waals surface area contributed by atoms with Gasteiger partial charge in [0, 0.05) is 18.0 Å². The monoisotopic (exact) mass is 320 g/mol. The predicted octanol–water partition coefficient (Wildman–Crippen LogP) is 3.33. The molecular formula is C14H16ClF3N2O. The van der Waals surface area contributed by atoms with Gasteiger partial charge in [-0.1, -0.05) is 23.7 Å². The zero-order valence-corrected chi connectivity index (χ0v) is 12.0. The number of amides is 1. The van der Waals surface area contributed by atoms with Gasteiger partial charge in [-0.2, -0.15) is 13.2 Å². The van der Waals surface area contributed by atoms with Crippen LogP contribution in [-0.4, -0.2) is 29.7 Å². The Morgan fingerprint density at radius 1 is 1.38 bits per heavy atom. The van der Waals surface area contributed by atoms with Crippen molar-refractivity contribution < 1.29 is 18.0 Å². The standard InChI is InChI=1S/C14H16ClF3N2O/c15-11-5-1-3-10(9-11)4-2-6-12(14(16,17)18)20-8-7-13(21)19-20/h1,3,5,9,12H,2,4,6-8H2,(H,19,21). The minimum Gasteiger partial charge on any atom is -0.288 e. The summed E-state index contributed by atoms with van der Waals surface area (Å²) in [6.07, 6.45) is -3.41. The summed E-state index contributed by atoms with van der Waals surface area (Å²) >= 11 is 5.84. The first-order chi connectivity index (χ1) is 9.86. The number of carbonyl (C=O) groups excluding carboxylic acids is 1. The highest BCUT2D eigenvalue weighted by Gasteiger charge is 2.45. The van der Waals surface area contributed by atoms with E-state index in [2.05, 4.69) is 5.43 Å². The van der Waals surface area contributed by atoms with E-state index >= 15 is 0 Å². The second-order valence-corrected chi connectivity index (χ2v) is 5.49. The van der Waals surface area contributed by atoms with Gasteiger partial charge in [-0.3, -0.25) is 10.2 Å². The number of nitrogens with one attached hydrogen (secondary N) is 1. The van der Waals surface area contributed by atoms with Crippen LogP contribution in [-0.2, 0) is 11.2 Å². The van der Waals surface area contributed by atoms with Crippen molar-refractivity contribution in [3.05, 3.63) is 34.9 Å². The minimum absolute atomic E-state index is 0.0592. The third kappa shape index (κ3) is 4.61.